The number of amides is 1. The zero-order chi connectivity index (χ0) is 34.4. The number of nitrogens with one attached hydrogen (secondary N) is 1. The number of para-hydroxylation sites is 1. The zero-order valence-corrected chi connectivity index (χ0v) is 26.2. The maximum atomic E-state index is 14.9. The van der Waals surface area contributed by atoms with Crippen LogP contribution in [0.15, 0.2) is 72.8 Å². The average molecular weight is 666 g/mol. The molecule has 1 aromatic heterocycles. The first-order valence-corrected chi connectivity index (χ1v) is 15.1. The van der Waals surface area contributed by atoms with Gasteiger partial charge in [-0.25, -0.2) is 23.1 Å². The summed E-state index contributed by atoms with van der Waals surface area (Å²) in [6, 6.07) is 18.5. The van der Waals surface area contributed by atoms with Crippen molar-refractivity contribution in [3.8, 4) is 0 Å². The minimum Gasteiger partial charge on any atom is -0.465 e. The summed E-state index contributed by atoms with van der Waals surface area (Å²) >= 11 is 0. The minimum absolute atomic E-state index is 0.0510. The molecule has 14 heteroatoms. The lowest BCUT2D eigenvalue weighted by Gasteiger charge is -2.41. The van der Waals surface area contributed by atoms with E-state index in [9.17, 15) is 22.8 Å². The number of hydrogen-bond donors (Lipinski definition) is 3. The van der Waals surface area contributed by atoms with Crippen LogP contribution in [0.4, 0.5) is 18.9 Å². The van der Waals surface area contributed by atoms with E-state index in [1.165, 1.54) is 4.90 Å². The molecule has 1 aliphatic heterocycles. The molecule has 0 bridgehead atoms. The number of rotatable bonds is 12. The van der Waals surface area contributed by atoms with Crippen LogP contribution in [0.1, 0.15) is 40.3 Å². The first-order valence-electron chi connectivity index (χ1n) is 15.1. The molecule has 1 aliphatic rings. The zero-order valence-electron chi connectivity index (χ0n) is 26.2. The smallest absolute Gasteiger partial charge is 0.311 e. The third kappa shape index (κ3) is 7.53. The molecule has 0 saturated heterocycles. The third-order valence-electron chi connectivity index (χ3n) is 8.05. The predicted molar refractivity (Wildman–Crippen MR) is 165 cm³/mol. The number of carbonyl (C=O) groups is 2. The van der Waals surface area contributed by atoms with Gasteiger partial charge in [-0.2, -0.15) is 0 Å². The summed E-state index contributed by atoms with van der Waals surface area (Å²) in [6.45, 7) is 2.35. The SMILES string of the molecule is Cc1cc(C)nc(C[C@H](C(=O)OCCCON(O)O)[C@@]2(c3ccccc3)NCC(=O)N(Cc3c(F)cc(F)cc3F)c3ccccc32)n1. The van der Waals surface area contributed by atoms with Gasteiger partial charge in [0, 0.05) is 53.2 Å². The van der Waals surface area contributed by atoms with Crippen molar-refractivity contribution in [2.75, 3.05) is 24.7 Å². The van der Waals surface area contributed by atoms with E-state index in [1.807, 2.05) is 0 Å². The Morgan fingerprint density at radius 2 is 1.62 bits per heavy atom. The molecule has 3 N–H and O–H groups in total. The van der Waals surface area contributed by atoms with Crippen molar-refractivity contribution in [1.82, 2.24) is 20.7 Å². The molecule has 4 aromatic rings. The number of ether oxygens (including phenoxy) is 1. The molecule has 11 nitrogen and oxygen atoms in total. The topological polar surface area (TPSA) is 137 Å². The standard InChI is InChI=1S/C34H34F3N5O6/c1-21-15-22(2)40-31(39-21)18-27(33(44)47-13-8-14-48-42(45)46)34(23-9-4-3-5-10-23)26-11-6-7-12-30(26)41(32(43)19-38-34)20-25-28(36)16-24(35)17-29(25)37/h3-7,9-12,15-17,27,38,45-46H,8,13-14,18-20H2,1-2H3/t27-,34+/m1/s1. The number of aromatic nitrogens is 2. The number of benzene rings is 3. The minimum atomic E-state index is -1.48. The second-order valence-electron chi connectivity index (χ2n) is 11.3. The monoisotopic (exact) mass is 665 g/mol. The van der Waals surface area contributed by atoms with Gasteiger partial charge in [0.15, 0.2) is 0 Å². The van der Waals surface area contributed by atoms with Crippen molar-refractivity contribution in [2.24, 2.45) is 5.92 Å². The number of carbonyl (C=O) groups excluding carboxylic acids is 2. The summed E-state index contributed by atoms with van der Waals surface area (Å²) in [7, 11) is 0. The van der Waals surface area contributed by atoms with Crippen LogP contribution in [0.25, 0.3) is 0 Å². The highest BCUT2D eigenvalue weighted by atomic mass is 19.1. The van der Waals surface area contributed by atoms with Crippen molar-refractivity contribution in [3.05, 3.63) is 124 Å². The van der Waals surface area contributed by atoms with Crippen LogP contribution in [-0.2, 0) is 37.7 Å². The molecule has 252 valence electrons. The van der Waals surface area contributed by atoms with Crippen LogP contribution < -0.4 is 10.2 Å². The van der Waals surface area contributed by atoms with Crippen molar-refractivity contribution in [3.63, 3.8) is 0 Å². The van der Waals surface area contributed by atoms with E-state index in [4.69, 9.17) is 15.2 Å². The molecule has 0 aliphatic carbocycles. The van der Waals surface area contributed by atoms with Crippen LogP contribution in [0, 0.1) is 37.2 Å². The Hall–Kier alpha value is -4.73. The van der Waals surface area contributed by atoms with Gasteiger partial charge in [-0.3, -0.25) is 30.2 Å². The van der Waals surface area contributed by atoms with E-state index in [2.05, 4.69) is 20.1 Å². The van der Waals surface area contributed by atoms with Crippen LogP contribution in [0.3, 0.4) is 0 Å². The Bertz CT molecular complexity index is 1740. The quantitative estimate of drug-likeness (QED) is 0.111. The number of hydrogen-bond acceptors (Lipinski definition) is 10. The number of halogens is 3. The lowest BCUT2D eigenvalue weighted by atomic mass is 9.70. The summed E-state index contributed by atoms with van der Waals surface area (Å²) in [5.74, 6) is -5.42. The van der Waals surface area contributed by atoms with Crippen molar-refractivity contribution < 1.29 is 42.7 Å². The molecule has 2 atom stereocenters. The van der Waals surface area contributed by atoms with Crippen molar-refractivity contribution in [2.45, 2.75) is 38.8 Å². The predicted octanol–water partition coefficient (Wildman–Crippen LogP) is 4.69. The maximum absolute atomic E-state index is 14.9. The van der Waals surface area contributed by atoms with Gasteiger partial charge in [0.2, 0.25) is 5.91 Å². The molecule has 5 rings (SSSR count). The first kappa shape index (κ1) is 34.6. The Morgan fingerprint density at radius 3 is 2.29 bits per heavy atom. The van der Waals surface area contributed by atoms with Crippen molar-refractivity contribution in [1.29, 1.82) is 0 Å². The van der Waals surface area contributed by atoms with Gasteiger partial charge in [0.05, 0.1) is 43.1 Å². The van der Waals surface area contributed by atoms with E-state index >= 15 is 0 Å². The van der Waals surface area contributed by atoms with Gasteiger partial charge >= 0.3 is 5.97 Å². The van der Waals surface area contributed by atoms with E-state index in [0.29, 0.717) is 40.5 Å². The summed E-state index contributed by atoms with van der Waals surface area (Å²) in [4.78, 5) is 43.1. The Kier molecular flexibility index (Phi) is 10.8. The lowest BCUT2D eigenvalue weighted by molar-refractivity contribution is -0.492. The summed E-state index contributed by atoms with van der Waals surface area (Å²) < 4.78 is 49.3. The fraction of sp³-hybridized carbons (Fsp3) is 0.294. The van der Waals surface area contributed by atoms with Gasteiger partial charge in [-0.1, -0.05) is 48.5 Å². The van der Waals surface area contributed by atoms with E-state index < -0.39 is 58.3 Å². The van der Waals surface area contributed by atoms with Crippen LogP contribution in [-0.4, -0.2) is 57.4 Å². The van der Waals surface area contributed by atoms with Gasteiger partial charge in [0.1, 0.15) is 23.3 Å². The van der Waals surface area contributed by atoms with Crippen LogP contribution in [0.2, 0.25) is 0 Å². The number of fused-ring (bicyclic) bond motifs is 1. The highest BCUT2D eigenvalue weighted by Gasteiger charge is 2.50. The summed E-state index contributed by atoms with van der Waals surface area (Å²) in [6.07, 6.45) is 0.0596. The molecule has 0 saturated carbocycles. The maximum Gasteiger partial charge on any atom is 0.311 e. The van der Waals surface area contributed by atoms with Crippen LogP contribution >= 0.6 is 0 Å². The number of nitrogens with zero attached hydrogens (tertiary/aromatic N) is 4. The lowest BCUT2D eigenvalue weighted by Crippen LogP contribution is -2.54. The normalized spacial score (nSPS) is 16.8. The molecule has 48 heavy (non-hydrogen) atoms. The molecule has 3 aromatic carbocycles. The van der Waals surface area contributed by atoms with Gasteiger partial charge < -0.3 is 9.64 Å². The second kappa shape index (κ2) is 15.0. The third-order valence-corrected chi connectivity index (χ3v) is 8.05. The van der Waals surface area contributed by atoms with Crippen LogP contribution in [0.5, 0.6) is 0 Å². The molecule has 0 unspecified atom stereocenters. The number of anilines is 1. The van der Waals surface area contributed by atoms with Gasteiger partial charge in [0.25, 0.3) is 0 Å². The molecule has 0 radical (unpaired) electrons. The molecule has 2 heterocycles. The number of esters is 1. The molecule has 0 spiro atoms. The fourth-order valence-corrected chi connectivity index (χ4v) is 6.07. The summed E-state index contributed by atoms with van der Waals surface area (Å²) in [5.41, 5.74) is 0.631. The van der Waals surface area contributed by atoms with E-state index in [-0.39, 0.29) is 38.3 Å². The number of aryl methyl sites for hydroxylation is 2. The average Bonchev–Trinajstić information content (AvgIpc) is 3.15. The molecular weight excluding hydrogens is 631 g/mol. The Labute approximate surface area is 274 Å². The first-order chi connectivity index (χ1) is 23.0. The van der Waals surface area contributed by atoms with E-state index in [1.54, 1.807) is 74.5 Å². The fourth-order valence-electron chi connectivity index (χ4n) is 6.07. The van der Waals surface area contributed by atoms with E-state index in [0.717, 1.165) is 0 Å². The highest BCUT2D eigenvalue weighted by Crippen LogP contribution is 2.45. The molecule has 1 amide bonds. The van der Waals surface area contributed by atoms with Gasteiger partial charge in [-0.05, 0) is 31.5 Å². The highest BCUT2D eigenvalue weighted by molar-refractivity contribution is 5.97. The second-order valence-corrected chi connectivity index (χ2v) is 11.3. The molecule has 0 fully saturated rings. The van der Waals surface area contributed by atoms with Crippen molar-refractivity contribution >= 4 is 17.6 Å². The van der Waals surface area contributed by atoms with Gasteiger partial charge in [-0.15, -0.1) is 0 Å². The summed E-state index contributed by atoms with van der Waals surface area (Å²) in [5, 5.41) is 20.6. The largest absolute Gasteiger partial charge is 0.465 e. The Balaban J connectivity index is 1.67. The Morgan fingerprint density at radius 1 is 0.979 bits per heavy atom. The molecular formula is C34H34F3N5O6.